The molecular formula is C6H12N2. The molecule has 1 N–H and O–H groups in total. The minimum Gasteiger partial charge on any atom is -0.255 e. The zero-order valence-corrected chi connectivity index (χ0v) is 5.06. The molecule has 2 bridgehead atoms. The van der Waals surface area contributed by atoms with E-state index in [1.54, 1.807) is 0 Å². The van der Waals surface area contributed by atoms with Crippen molar-refractivity contribution in [3.05, 3.63) is 0 Å². The molecule has 3 saturated heterocycles. The highest BCUT2D eigenvalue weighted by atomic mass is 15.5. The molecule has 3 rings (SSSR count). The average molecular weight is 112 g/mol. The second kappa shape index (κ2) is 1.71. The highest BCUT2D eigenvalue weighted by Crippen LogP contribution is 2.20. The summed E-state index contributed by atoms with van der Waals surface area (Å²) in [4.78, 5) is 0. The highest BCUT2D eigenvalue weighted by Gasteiger charge is 2.27. The number of hydrogen-bond donors (Lipinski definition) is 1. The Morgan fingerprint density at radius 3 is 3.12 bits per heavy atom. The Hall–Kier alpha value is -0.0800. The van der Waals surface area contributed by atoms with Gasteiger partial charge in [-0.25, -0.2) is 5.01 Å². The molecule has 3 fully saturated rings. The Balaban J connectivity index is 1.95. The molecule has 2 heteroatoms. The number of rotatable bonds is 0. The van der Waals surface area contributed by atoms with E-state index in [0.717, 1.165) is 5.92 Å². The van der Waals surface area contributed by atoms with Crippen LogP contribution in [0.25, 0.3) is 0 Å². The van der Waals surface area contributed by atoms with E-state index < -0.39 is 0 Å². The molecule has 0 atom stereocenters. The molecule has 0 amide bonds. The summed E-state index contributed by atoms with van der Waals surface area (Å²) in [6.45, 7) is 3.82. The lowest BCUT2D eigenvalue weighted by molar-refractivity contribution is 0.0650. The van der Waals surface area contributed by atoms with Crippen molar-refractivity contribution in [3.63, 3.8) is 0 Å². The first kappa shape index (κ1) is 4.77. The Bertz CT molecular complexity index is 71.0. The van der Waals surface area contributed by atoms with Gasteiger partial charge < -0.3 is 0 Å². The van der Waals surface area contributed by atoms with Crippen molar-refractivity contribution >= 4 is 0 Å². The van der Waals surface area contributed by atoms with Crippen molar-refractivity contribution in [1.29, 1.82) is 0 Å². The monoisotopic (exact) mass is 112 g/mol. The van der Waals surface area contributed by atoms with Gasteiger partial charge in [-0.05, 0) is 18.8 Å². The fourth-order valence-electron chi connectivity index (χ4n) is 1.51. The van der Waals surface area contributed by atoms with Crippen LogP contribution in [-0.2, 0) is 0 Å². The van der Waals surface area contributed by atoms with Gasteiger partial charge in [0.15, 0.2) is 0 Å². The van der Waals surface area contributed by atoms with Crippen molar-refractivity contribution in [2.75, 3.05) is 19.6 Å². The maximum absolute atomic E-state index is 3.34. The van der Waals surface area contributed by atoms with Crippen LogP contribution in [-0.4, -0.2) is 24.6 Å². The molecule has 0 aromatic rings. The van der Waals surface area contributed by atoms with Crippen LogP contribution in [0.2, 0.25) is 0 Å². The van der Waals surface area contributed by atoms with E-state index >= 15 is 0 Å². The molecule has 3 heterocycles. The lowest BCUT2D eigenvalue weighted by Crippen LogP contribution is -2.51. The summed E-state index contributed by atoms with van der Waals surface area (Å²) in [7, 11) is 0. The van der Waals surface area contributed by atoms with E-state index in [2.05, 4.69) is 10.4 Å². The molecule has 3 aliphatic rings. The third-order valence-electron chi connectivity index (χ3n) is 2.08. The van der Waals surface area contributed by atoms with Crippen molar-refractivity contribution in [1.82, 2.24) is 10.4 Å². The molecule has 0 aliphatic carbocycles. The molecule has 0 aromatic heterocycles. The van der Waals surface area contributed by atoms with E-state index in [-0.39, 0.29) is 0 Å². The van der Waals surface area contributed by atoms with Crippen LogP contribution in [0.5, 0.6) is 0 Å². The maximum Gasteiger partial charge on any atom is 0.0172 e. The molecule has 0 spiro atoms. The van der Waals surface area contributed by atoms with Crippen LogP contribution in [0.3, 0.4) is 0 Å². The Morgan fingerprint density at radius 2 is 2.25 bits per heavy atom. The molecule has 2 nitrogen and oxygen atoms in total. The van der Waals surface area contributed by atoms with E-state index in [4.69, 9.17) is 0 Å². The Kier molecular flexibility index (Phi) is 1.02. The van der Waals surface area contributed by atoms with Crippen LogP contribution in [0.1, 0.15) is 12.8 Å². The van der Waals surface area contributed by atoms with E-state index in [0.29, 0.717) is 0 Å². The lowest BCUT2D eigenvalue weighted by Gasteiger charge is -2.35. The van der Waals surface area contributed by atoms with Crippen LogP contribution >= 0.6 is 0 Å². The summed E-state index contributed by atoms with van der Waals surface area (Å²) < 4.78 is 0. The first-order valence-corrected chi connectivity index (χ1v) is 3.43. The van der Waals surface area contributed by atoms with Gasteiger partial charge in [0.05, 0.1) is 0 Å². The highest BCUT2D eigenvalue weighted by molar-refractivity contribution is 4.79. The molecule has 8 heavy (non-hydrogen) atoms. The maximum atomic E-state index is 3.34. The predicted octanol–water partition coefficient (Wildman–Crippen LogP) is 0.217. The number of fused-ring (bicyclic) bond motifs is 3. The van der Waals surface area contributed by atoms with Crippen LogP contribution < -0.4 is 5.43 Å². The van der Waals surface area contributed by atoms with Gasteiger partial charge >= 0.3 is 0 Å². The average Bonchev–Trinajstić information content (AvgIpc) is 1.89. The van der Waals surface area contributed by atoms with E-state index in [9.17, 15) is 0 Å². The number of hydrazine groups is 1. The summed E-state index contributed by atoms with van der Waals surface area (Å²) >= 11 is 0. The first-order chi connectivity index (χ1) is 3.95. The molecule has 0 saturated carbocycles. The first-order valence-electron chi connectivity index (χ1n) is 3.43. The topological polar surface area (TPSA) is 15.3 Å². The minimum absolute atomic E-state index is 1.03. The second-order valence-electron chi connectivity index (χ2n) is 2.82. The third kappa shape index (κ3) is 0.644. The van der Waals surface area contributed by atoms with Crippen LogP contribution in [0, 0.1) is 5.92 Å². The molecule has 0 radical (unpaired) electrons. The van der Waals surface area contributed by atoms with Gasteiger partial charge in [0.25, 0.3) is 0 Å². The summed E-state index contributed by atoms with van der Waals surface area (Å²) in [6.07, 6.45) is 2.82. The van der Waals surface area contributed by atoms with Gasteiger partial charge in [-0.2, -0.15) is 0 Å². The molecule has 0 unspecified atom stereocenters. The fourth-order valence-corrected chi connectivity index (χ4v) is 1.51. The SMILES string of the molecule is C1CNN2CC(C1)C2. The molecule has 3 aliphatic heterocycles. The molecule has 0 aromatic carbocycles. The summed E-state index contributed by atoms with van der Waals surface area (Å²) in [5.41, 5.74) is 3.34. The predicted molar refractivity (Wildman–Crippen MR) is 32.3 cm³/mol. The number of nitrogens with zero attached hydrogens (tertiary/aromatic N) is 1. The van der Waals surface area contributed by atoms with Crippen molar-refractivity contribution in [2.24, 2.45) is 5.92 Å². The van der Waals surface area contributed by atoms with Gasteiger partial charge in [0.1, 0.15) is 0 Å². The molecule has 46 valence electrons. The normalized spacial score (nSPS) is 45.0. The lowest BCUT2D eigenvalue weighted by atomic mass is 9.98. The smallest absolute Gasteiger partial charge is 0.0172 e. The van der Waals surface area contributed by atoms with Gasteiger partial charge in [0, 0.05) is 19.6 Å². The number of nitrogens with one attached hydrogen (secondary N) is 1. The zero-order chi connectivity index (χ0) is 5.40. The standard InChI is InChI=1S/C6H12N2/c1-2-6-4-8(5-6)7-3-1/h6-7H,1-5H2. The zero-order valence-electron chi connectivity index (χ0n) is 5.06. The fraction of sp³-hybridized carbons (Fsp3) is 1.00. The largest absolute Gasteiger partial charge is 0.255 e. The summed E-state index contributed by atoms with van der Waals surface area (Å²) in [5, 5.41) is 2.32. The van der Waals surface area contributed by atoms with Crippen LogP contribution in [0.4, 0.5) is 0 Å². The Labute approximate surface area is 49.8 Å². The van der Waals surface area contributed by atoms with E-state index in [1.165, 1.54) is 32.5 Å². The van der Waals surface area contributed by atoms with Crippen molar-refractivity contribution in [3.8, 4) is 0 Å². The van der Waals surface area contributed by atoms with Gasteiger partial charge in [-0.3, -0.25) is 5.43 Å². The van der Waals surface area contributed by atoms with Gasteiger partial charge in [0.2, 0.25) is 0 Å². The molecular weight excluding hydrogens is 100 g/mol. The van der Waals surface area contributed by atoms with E-state index in [1.807, 2.05) is 0 Å². The third-order valence-corrected chi connectivity index (χ3v) is 2.08. The van der Waals surface area contributed by atoms with Crippen molar-refractivity contribution in [2.45, 2.75) is 12.8 Å². The Morgan fingerprint density at radius 1 is 1.38 bits per heavy atom. The quantitative estimate of drug-likeness (QED) is 0.482. The van der Waals surface area contributed by atoms with Crippen LogP contribution in [0.15, 0.2) is 0 Å². The minimum atomic E-state index is 1.03. The van der Waals surface area contributed by atoms with Gasteiger partial charge in [-0.15, -0.1) is 0 Å². The summed E-state index contributed by atoms with van der Waals surface area (Å²) in [5.74, 6) is 1.03. The van der Waals surface area contributed by atoms with Crippen molar-refractivity contribution < 1.29 is 0 Å². The number of hydrogen-bond acceptors (Lipinski definition) is 2. The summed E-state index contributed by atoms with van der Waals surface area (Å²) in [6, 6.07) is 0. The second-order valence-corrected chi connectivity index (χ2v) is 2.82. The van der Waals surface area contributed by atoms with Gasteiger partial charge in [-0.1, -0.05) is 0 Å².